The molecular formula is C9H9NO2S2. The minimum Gasteiger partial charge on any atom is -0.465 e. The first-order valence-corrected chi connectivity index (χ1v) is 5.52. The second-order valence-corrected chi connectivity index (χ2v) is 4.19. The molecule has 3 N–H and O–H groups in total. The lowest BCUT2D eigenvalue weighted by molar-refractivity contribution is 0.205. The van der Waals surface area contributed by atoms with Gasteiger partial charge in [0.15, 0.2) is 0 Å². The van der Waals surface area contributed by atoms with Crippen molar-refractivity contribution in [2.75, 3.05) is 0 Å². The van der Waals surface area contributed by atoms with Crippen LogP contribution in [0.3, 0.4) is 0 Å². The van der Waals surface area contributed by atoms with Gasteiger partial charge in [-0.05, 0) is 22.9 Å². The molecule has 5 heteroatoms. The summed E-state index contributed by atoms with van der Waals surface area (Å²) in [6, 6.07) is 8.46. The number of carboxylic acid groups (broad SMARTS) is 1. The highest BCUT2D eigenvalue weighted by Gasteiger charge is 1.96. The Balaban J connectivity index is 0.000000213. The molecule has 0 aromatic carbocycles. The zero-order valence-electron chi connectivity index (χ0n) is 7.21. The van der Waals surface area contributed by atoms with Gasteiger partial charge in [0.2, 0.25) is 0 Å². The highest BCUT2D eigenvalue weighted by molar-refractivity contribution is 7.20. The van der Waals surface area contributed by atoms with Crippen LogP contribution in [-0.4, -0.2) is 11.2 Å². The van der Waals surface area contributed by atoms with E-state index in [1.54, 1.807) is 22.7 Å². The molecule has 2 rings (SSSR count). The van der Waals surface area contributed by atoms with Crippen LogP contribution in [-0.2, 0) is 0 Å². The summed E-state index contributed by atoms with van der Waals surface area (Å²) >= 11 is 3.58. The Labute approximate surface area is 89.4 Å². The van der Waals surface area contributed by atoms with E-state index in [1.807, 2.05) is 0 Å². The molecule has 0 saturated heterocycles. The Hall–Kier alpha value is -1.33. The summed E-state index contributed by atoms with van der Waals surface area (Å²) in [6.45, 7) is 0. The lowest BCUT2D eigenvalue weighted by Gasteiger charge is -1.84. The van der Waals surface area contributed by atoms with E-state index in [0.717, 1.165) is 0 Å². The maximum Gasteiger partial charge on any atom is 0.402 e. The molecule has 0 bridgehead atoms. The first-order valence-electron chi connectivity index (χ1n) is 3.76. The molecule has 14 heavy (non-hydrogen) atoms. The summed E-state index contributed by atoms with van der Waals surface area (Å²) < 4.78 is 0. The third-order valence-corrected chi connectivity index (χ3v) is 3.22. The number of thiophene rings is 2. The molecule has 2 aromatic rings. The monoisotopic (exact) mass is 227 g/mol. The van der Waals surface area contributed by atoms with Crippen molar-refractivity contribution in [3.05, 3.63) is 35.0 Å². The maximum absolute atomic E-state index is 8.78. The van der Waals surface area contributed by atoms with Gasteiger partial charge in [-0.15, -0.1) is 22.7 Å². The van der Waals surface area contributed by atoms with E-state index in [0.29, 0.717) is 0 Å². The molecule has 0 atom stereocenters. The lowest BCUT2D eigenvalue weighted by Crippen LogP contribution is -2.03. The highest BCUT2D eigenvalue weighted by atomic mass is 32.1. The van der Waals surface area contributed by atoms with Crippen LogP contribution < -0.4 is 5.73 Å². The fourth-order valence-corrected chi connectivity index (χ4v) is 2.42. The van der Waals surface area contributed by atoms with Crippen LogP contribution in [0.5, 0.6) is 0 Å². The fourth-order valence-electron chi connectivity index (χ4n) is 0.838. The van der Waals surface area contributed by atoms with Crippen molar-refractivity contribution in [3.63, 3.8) is 0 Å². The van der Waals surface area contributed by atoms with E-state index in [-0.39, 0.29) is 0 Å². The van der Waals surface area contributed by atoms with Crippen molar-refractivity contribution in [2.24, 2.45) is 5.73 Å². The third-order valence-electron chi connectivity index (χ3n) is 1.29. The average molecular weight is 227 g/mol. The van der Waals surface area contributed by atoms with Crippen LogP contribution in [0.2, 0.25) is 0 Å². The van der Waals surface area contributed by atoms with Crippen LogP contribution >= 0.6 is 22.7 Å². The molecule has 0 aliphatic rings. The first kappa shape index (κ1) is 10.7. The van der Waals surface area contributed by atoms with Gasteiger partial charge in [0.05, 0.1) is 0 Å². The fraction of sp³-hybridized carbons (Fsp3) is 0. The lowest BCUT2D eigenvalue weighted by atomic mass is 10.4. The van der Waals surface area contributed by atoms with Crippen LogP contribution in [0, 0.1) is 0 Å². The van der Waals surface area contributed by atoms with Crippen molar-refractivity contribution in [1.29, 1.82) is 0 Å². The summed E-state index contributed by atoms with van der Waals surface area (Å²) in [7, 11) is 0. The zero-order chi connectivity index (χ0) is 10.4. The normalized spacial score (nSPS) is 8.86. The molecule has 0 radical (unpaired) electrons. The first-order chi connectivity index (χ1) is 6.70. The minimum absolute atomic E-state index is 1.33. The van der Waals surface area contributed by atoms with Crippen LogP contribution in [0.4, 0.5) is 4.79 Å². The molecule has 1 amide bonds. The Morgan fingerprint density at radius 1 is 1.14 bits per heavy atom. The van der Waals surface area contributed by atoms with E-state index >= 15 is 0 Å². The van der Waals surface area contributed by atoms with Gasteiger partial charge in [0.25, 0.3) is 0 Å². The van der Waals surface area contributed by atoms with E-state index in [1.165, 1.54) is 9.75 Å². The van der Waals surface area contributed by atoms with Gasteiger partial charge in [-0.1, -0.05) is 12.1 Å². The van der Waals surface area contributed by atoms with Crippen molar-refractivity contribution >= 4 is 28.8 Å². The number of hydrogen-bond donors (Lipinski definition) is 2. The minimum atomic E-state index is -1.33. The van der Waals surface area contributed by atoms with Gasteiger partial charge >= 0.3 is 6.09 Å². The summed E-state index contributed by atoms with van der Waals surface area (Å²) in [4.78, 5) is 11.5. The largest absolute Gasteiger partial charge is 0.465 e. The van der Waals surface area contributed by atoms with Crippen molar-refractivity contribution < 1.29 is 9.90 Å². The van der Waals surface area contributed by atoms with Crippen molar-refractivity contribution in [1.82, 2.24) is 0 Å². The maximum atomic E-state index is 8.78. The summed E-state index contributed by atoms with van der Waals surface area (Å²) in [6.07, 6.45) is -1.33. The molecule has 74 valence electrons. The highest BCUT2D eigenvalue weighted by Crippen LogP contribution is 2.28. The molecule has 3 nitrogen and oxygen atoms in total. The molecule has 2 aromatic heterocycles. The van der Waals surface area contributed by atoms with Gasteiger partial charge in [0, 0.05) is 9.75 Å². The molecule has 0 fully saturated rings. The number of nitrogens with two attached hydrogens (primary N) is 1. The Morgan fingerprint density at radius 3 is 1.71 bits per heavy atom. The van der Waals surface area contributed by atoms with Gasteiger partial charge in [0.1, 0.15) is 0 Å². The van der Waals surface area contributed by atoms with Crippen LogP contribution in [0.25, 0.3) is 9.75 Å². The van der Waals surface area contributed by atoms with Crippen LogP contribution in [0.15, 0.2) is 35.0 Å². The predicted molar refractivity (Wildman–Crippen MR) is 59.8 cm³/mol. The Morgan fingerprint density at radius 2 is 1.50 bits per heavy atom. The molecule has 0 aliphatic heterocycles. The van der Waals surface area contributed by atoms with Gasteiger partial charge in [-0.3, -0.25) is 0 Å². The van der Waals surface area contributed by atoms with E-state index < -0.39 is 6.09 Å². The summed E-state index contributed by atoms with van der Waals surface area (Å²) in [5.74, 6) is 0. The van der Waals surface area contributed by atoms with E-state index in [9.17, 15) is 0 Å². The topological polar surface area (TPSA) is 63.3 Å². The SMILES string of the molecule is NC(=O)O.c1csc(-c2cccs2)c1. The van der Waals surface area contributed by atoms with E-state index in [4.69, 9.17) is 9.90 Å². The third kappa shape index (κ3) is 3.59. The van der Waals surface area contributed by atoms with Gasteiger partial charge in [-0.2, -0.15) is 0 Å². The van der Waals surface area contributed by atoms with E-state index in [2.05, 4.69) is 40.8 Å². The number of primary amides is 1. The standard InChI is InChI=1S/C8H6S2.CH3NO2/c1-3-7(9-5-1)8-4-2-6-10-8;2-1(3)4/h1-6H;2H2,(H,3,4). The summed E-state index contributed by atoms with van der Waals surface area (Å²) in [5, 5.41) is 11.4. The molecular weight excluding hydrogens is 218 g/mol. The quantitative estimate of drug-likeness (QED) is 0.786. The summed E-state index contributed by atoms with van der Waals surface area (Å²) in [5.41, 5.74) is 4.03. The zero-order valence-corrected chi connectivity index (χ0v) is 8.85. The van der Waals surface area contributed by atoms with Crippen molar-refractivity contribution in [2.45, 2.75) is 0 Å². The molecule has 0 aliphatic carbocycles. The number of hydrogen-bond acceptors (Lipinski definition) is 3. The predicted octanol–water partition coefficient (Wildman–Crippen LogP) is 3.10. The molecule has 0 spiro atoms. The smallest absolute Gasteiger partial charge is 0.402 e. The molecule has 2 heterocycles. The second-order valence-electron chi connectivity index (χ2n) is 2.29. The molecule has 0 unspecified atom stereocenters. The Kier molecular flexibility index (Phi) is 4.15. The van der Waals surface area contributed by atoms with Gasteiger partial charge < -0.3 is 10.8 Å². The number of amides is 1. The average Bonchev–Trinajstić information content (AvgIpc) is 2.76. The van der Waals surface area contributed by atoms with Gasteiger partial charge in [-0.25, -0.2) is 4.79 Å². The second kappa shape index (κ2) is 5.41. The van der Waals surface area contributed by atoms with Crippen molar-refractivity contribution in [3.8, 4) is 9.75 Å². The molecule has 0 saturated carbocycles. The number of rotatable bonds is 1. The van der Waals surface area contributed by atoms with Crippen LogP contribution in [0.1, 0.15) is 0 Å². The Bertz CT molecular complexity index is 331. The number of carbonyl (C=O) groups is 1.